The lowest BCUT2D eigenvalue weighted by Gasteiger charge is -2.13. The van der Waals surface area contributed by atoms with Gasteiger partial charge in [-0.15, -0.1) is 0 Å². The van der Waals surface area contributed by atoms with Crippen LogP contribution in [0.3, 0.4) is 0 Å². The number of fused-ring (bicyclic) bond motifs is 3. The first-order valence-electron chi connectivity index (χ1n) is 8.04. The molecule has 0 fully saturated rings. The monoisotopic (exact) mass is 347 g/mol. The van der Waals surface area contributed by atoms with E-state index in [-0.39, 0.29) is 4.90 Å². The summed E-state index contributed by atoms with van der Waals surface area (Å²) in [5.74, 6) is 0. The van der Waals surface area contributed by atoms with E-state index in [9.17, 15) is 8.42 Å². The lowest BCUT2D eigenvalue weighted by Crippen LogP contribution is -2.13. The van der Waals surface area contributed by atoms with Crippen LogP contribution in [0.2, 0.25) is 0 Å². The third kappa shape index (κ3) is 2.85. The molecule has 0 bridgehead atoms. The largest absolute Gasteiger partial charge is 0.279 e. The maximum atomic E-state index is 12.8. The van der Waals surface area contributed by atoms with Gasteiger partial charge >= 0.3 is 0 Å². The molecule has 0 saturated carbocycles. The number of hydrogen-bond donors (Lipinski definition) is 1. The molecule has 0 heterocycles. The predicted molar refractivity (Wildman–Crippen MR) is 103 cm³/mol. The number of rotatable bonds is 3. The molecule has 0 aliphatic rings. The molecule has 4 aromatic carbocycles. The standard InChI is InChI=1S/C21H17NO2S/c1-15-10-12-17(13-11-15)25(23,24)22-21-14-16-6-2-3-7-18(16)19-8-4-5-9-20(19)21/h2-14,22H,1H3. The molecule has 0 aliphatic carbocycles. The number of nitrogens with one attached hydrogen (secondary N) is 1. The summed E-state index contributed by atoms with van der Waals surface area (Å²) in [6, 6.07) is 24.6. The highest BCUT2D eigenvalue weighted by Crippen LogP contribution is 2.33. The van der Waals surface area contributed by atoms with Gasteiger partial charge in [0.1, 0.15) is 0 Å². The molecule has 4 heteroatoms. The maximum Gasteiger partial charge on any atom is 0.261 e. The predicted octanol–water partition coefficient (Wildman–Crippen LogP) is 5.10. The second-order valence-corrected chi connectivity index (χ2v) is 7.79. The normalized spacial score (nSPS) is 11.7. The highest BCUT2D eigenvalue weighted by molar-refractivity contribution is 7.92. The summed E-state index contributed by atoms with van der Waals surface area (Å²) in [4.78, 5) is 0.260. The molecule has 0 aliphatic heterocycles. The first-order chi connectivity index (χ1) is 12.0. The zero-order chi connectivity index (χ0) is 17.4. The van der Waals surface area contributed by atoms with Crippen molar-refractivity contribution in [2.45, 2.75) is 11.8 Å². The Bertz CT molecular complexity index is 1180. The average molecular weight is 347 g/mol. The lowest BCUT2D eigenvalue weighted by molar-refractivity contribution is 0.601. The van der Waals surface area contributed by atoms with Gasteiger partial charge < -0.3 is 0 Å². The Kier molecular flexibility index (Phi) is 3.70. The third-order valence-electron chi connectivity index (χ3n) is 4.34. The van der Waals surface area contributed by atoms with Crippen molar-refractivity contribution in [3.8, 4) is 0 Å². The van der Waals surface area contributed by atoms with Crippen LogP contribution in [0, 0.1) is 6.92 Å². The van der Waals surface area contributed by atoms with Crippen molar-refractivity contribution in [3.05, 3.63) is 84.4 Å². The first kappa shape index (κ1) is 15.7. The fourth-order valence-electron chi connectivity index (χ4n) is 3.06. The van der Waals surface area contributed by atoms with Crippen LogP contribution in [-0.4, -0.2) is 8.42 Å². The molecule has 0 radical (unpaired) electrons. The topological polar surface area (TPSA) is 46.2 Å². The number of hydrogen-bond acceptors (Lipinski definition) is 2. The molecular weight excluding hydrogens is 330 g/mol. The average Bonchev–Trinajstić information content (AvgIpc) is 2.62. The van der Waals surface area contributed by atoms with E-state index in [1.165, 1.54) is 0 Å². The van der Waals surface area contributed by atoms with Crippen molar-refractivity contribution < 1.29 is 8.42 Å². The second kappa shape index (κ2) is 5.90. The Labute approximate surface area is 147 Å². The summed E-state index contributed by atoms with van der Waals surface area (Å²) in [6.07, 6.45) is 0. The molecule has 4 rings (SSSR count). The van der Waals surface area contributed by atoms with Gasteiger partial charge in [-0.1, -0.05) is 66.2 Å². The fourth-order valence-corrected chi connectivity index (χ4v) is 4.13. The van der Waals surface area contributed by atoms with E-state index in [0.717, 1.165) is 27.1 Å². The van der Waals surface area contributed by atoms with E-state index in [4.69, 9.17) is 0 Å². The van der Waals surface area contributed by atoms with Crippen molar-refractivity contribution in [1.29, 1.82) is 0 Å². The molecule has 3 nitrogen and oxygen atoms in total. The van der Waals surface area contributed by atoms with E-state index < -0.39 is 10.0 Å². The smallest absolute Gasteiger partial charge is 0.261 e. The van der Waals surface area contributed by atoms with E-state index in [1.54, 1.807) is 24.3 Å². The van der Waals surface area contributed by atoms with Gasteiger partial charge in [0.15, 0.2) is 0 Å². The lowest BCUT2D eigenvalue weighted by atomic mass is 10.0. The van der Waals surface area contributed by atoms with Crippen LogP contribution in [0.25, 0.3) is 21.5 Å². The molecule has 124 valence electrons. The minimum Gasteiger partial charge on any atom is -0.279 e. The van der Waals surface area contributed by atoms with Gasteiger partial charge in [-0.2, -0.15) is 0 Å². The van der Waals surface area contributed by atoms with Crippen LogP contribution in [0.15, 0.2) is 83.8 Å². The zero-order valence-electron chi connectivity index (χ0n) is 13.7. The molecule has 0 amide bonds. The molecule has 1 N–H and O–H groups in total. The quantitative estimate of drug-likeness (QED) is 0.524. The third-order valence-corrected chi connectivity index (χ3v) is 5.73. The summed E-state index contributed by atoms with van der Waals surface area (Å²) < 4.78 is 28.3. The number of benzene rings is 4. The summed E-state index contributed by atoms with van der Waals surface area (Å²) >= 11 is 0. The van der Waals surface area contributed by atoms with E-state index >= 15 is 0 Å². The molecule has 0 aromatic heterocycles. The summed E-state index contributed by atoms with van der Waals surface area (Å²) in [5, 5.41) is 4.03. The molecule has 0 atom stereocenters. The Morgan fingerprint density at radius 2 is 1.32 bits per heavy atom. The summed E-state index contributed by atoms with van der Waals surface area (Å²) in [5.41, 5.74) is 1.62. The van der Waals surface area contributed by atoms with E-state index in [0.29, 0.717) is 5.69 Å². The van der Waals surface area contributed by atoms with Crippen LogP contribution in [0.5, 0.6) is 0 Å². The Balaban J connectivity index is 1.89. The van der Waals surface area contributed by atoms with Crippen molar-refractivity contribution in [2.75, 3.05) is 4.72 Å². The minimum atomic E-state index is -3.64. The fraction of sp³-hybridized carbons (Fsp3) is 0.0476. The highest BCUT2D eigenvalue weighted by Gasteiger charge is 2.16. The molecule has 4 aromatic rings. The molecule has 0 unspecified atom stereocenters. The highest BCUT2D eigenvalue weighted by atomic mass is 32.2. The number of aryl methyl sites for hydroxylation is 1. The maximum absolute atomic E-state index is 12.8. The van der Waals surface area contributed by atoms with Gasteiger partial charge in [0, 0.05) is 5.39 Å². The first-order valence-corrected chi connectivity index (χ1v) is 9.53. The van der Waals surface area contributed by atoms with E-state index in [2.05, 4.69) is 10.8 Å². The molecule has 0 spiro atoms. The van der Waals surface area contributed by atoms with E-state index in [1.807, 2.05) is 55.5 Å². The molecule has 25 heavy (non-hydrogen) atoms. The SMILES string of the molecule is Cc1ccc(S(=O)(=O)Nc2cc3ccccc3c3ccccc23)cc1. The van der Waals surface area contributed by atoms with Gasteiger partial charge in [-0.3, -0.25) is 4.72 Å². The van der Waals surface area contributed by atoms with Crippen LogP contribution in [-0.2, 0) is 10.0 Å². The van der Waals surface area contributed by atoms with Gasteiger partial charge in [-0.25, -0.2) is 8.42 Å². The van der Waals surface area contributed by atoms with Crippen LogP contribution in [0.4, 0.5) is 5.69 Å². The van der Waals surface area contributed by atoms with Gasteiger partial charge in [0.2, 0.25) is 0 Å². The van der Waals surface area contributed by atoms with Gasteiger partial charge in [0.25, 0.3) is 10.0 Å². The van der Waals surface area contributed by atoms with Gasteiger partial charge in [-0.05, 0) is 41.3 Å². The second-order valence-electron chi connectivity index (χ2n) is 6.11. The number of anilines is 1. The zero-order valence-corrected chi connectivity index (χ0v) is 14.5. The summed E-state index contributed by atoms with van der Waals surface area (Å²) in [7, 11) is -3.64. The van der Waals surface area contributed by atoms with Crippen LogP contribution >= 0.6 is 0 Å². The molecule has 0 saturated heterocycles. The van der Waals surface area contributed by atoms with Crippen molar-refractivity contribution in [3.63, 3.8) is 0 Å². The van der Waals surface area contributed by atoms with Gasteiger partial charge in [0.05, 0.1) is 10.6 Å². The van der Waals surface area contributed by atoms with Crippen molar-refractivity contribution >= 4 is 37.3 Å². The van der Waals surface area contributed by atoms with Crippen molar-refractivity contribution in [2.24, 2.45) is 0 Å². The molecular formula is C21H17NO2S. The van der Waals surface area contributed by atoms with Crippen LogP contribution in [0.1, 0.15) is 5.56 Å². The summed E-state index contributed by atoms with van der Waals surface area (Å²) in [6.45, 7) is 1.93. The van der Waals surface area contributed by atoms with Crippen LogP contribution < -0.4 is 4.72 Å². The Hall–Kier alpha value is -2.85. The Morgan fingerprint density at radius 1 is 0.720 bits per heavy atom. The Morgan fingerprint density at radius 3 is 2.04 bits per heavy atom. The number of sulfonamides is 1. The minimum absolute atomic E-state index is 0.260. The van der Waals surface area contributed by atoms with Crippen molar-refractivity contribution in [1.82, 2.24) is 0 Å².